The Hall–Kier alpha value is -0.780. The summed E-state index contributed by atoms with van der Waals surface area (Å²) in [4.78, 5) is 0. The molecule has 0 aliphatic heterocycles. The molecule has 0 spiro atoms. The van der Waals surface area contributed by atoms with Crippen molar-refractivity contribution in [3.63, 3.8) is 0 Å². The zero-order valence-electron chi connectivity index (χ0n) is 7.66. The Labute approximate surface area is 74.6 Å². The number of benzene rings is 1. The largest absolute Gasteiger partial charge is 0.0622 e. The predicted molar refractivity (Wildman–Crippen MR) is 52.2 cm³/mol. The van der Waals surface area contributed by atoms with E-state index in [0.29, 0.717) is 0 Å². The molecule has 0 heterocycles. The molecule has 1 aromatic rings. The van der Waals surface area contributed by atoms with Crippen molar-refractivity contribution < 1.29 is 0 Å². The minimum atomic E-state index is 0.763. The summed E-state index contributed by atoms with van der Waals surface area (Å²) in [6.07, 6.45) is 4.33. The molecule has 0 N–H and O–H groups in total. The third kappa shape index (κ3) is 1.88. The molecule has 0 aromatic heterocycles. The van der Waals surface area contributed by atoms with Crippen LogP contribution in [0, 0.1) is 5.92 Å². The zero-order chi connectivity index (χ0) is 8.39. The van der Waals surface area contributed by atoms with Crippen molar-refractivity contribution in [3.8, 4) is 0 Å². The lowest BCUT2D eigenvalue weighted by molar-refractivity contribution is 0.619. The molecule has 0 radical (unpaired) electrons. The molecule has 1 aliphatic carbocycles. The van der Waals surface area contributed by atoms with Crippen LogP contribution in [0.4, 0.5) is 0 Å². The summed E-state index contributed by atoms with van der Waals surface area (Å²) in [5, 5.41) is 0. The van der Waals surface area contributed by atoms with Crippen molar-refractivity contribution in [1.82, 2.24) is 0 Å². The van der Waals surface area contributed by atoms with E-state index in [2.05, 4.69) is 37.3 Å². The number of rotatable bonds is 3. The second-order valence-corrected chi connectivity index (χ2v) is 3.99. The number of hydrogen-bond donors (Lipinski definition) is 0. The van der Waals surface area contributed by atoms with E-state index in [4.69, 9.17) is 0 Å². The van der Waals surface area contributed by atoms with Gasteiger partial charge in [-0.2, -0.15) is 0 Å². The van der Waals surface area contributed by atoms with Gasteiger partial charge in [0.2, 0.25) is 0 Å². The average molecular weight is 160 g/mol. The fourth-order valence-electron chi connectivity index (χ4n) is 1.77. The first-order valence-electron chi connectivity index (χ1n) is 4.91. The minimum absolute atomic E-state index is 0.763. The Bertz CT molecular complexity index is 233. The maximum absolute atomic E-state index is 2.34. The molecule has 1 aromatic carbocycles. The lowest BCUT2D eigenvalue weighted by Crippen LogP contribution is -1.93. The van der Waals surface area contributed by atoms with Crippen molar-refractivity contribution >= 4 is 0 Å². The molecule has 12 heavy (non-hydrogen) atoms. The molecule has 1 saturated carbocycles. The van der Waals surface area contributed by atoms with Gasteiger partial charge in [-0.25, -0.2) is 0 Å². The van der Waals surface area contributed by atoms with Crippen LogP contribution in [0.15, 0.2) is 30.3 Å². The van der Waals surface area contributed by atoms with E-state index >= 15 is 0 Å². The van der Waals surface area contributed by atoms with Crippen molar-refractivity contribution in [2.75, 3.05) is 0 Å². The van der Waals surface area contributed by atoms with Gasteiger partial charge in [0, 0.05) is 0 Å². The van der Waals surface area contributed by atoms with E-state index in [1.54, 1.807) is 0 Å². The molecule has 0 heteroatoms. The standard InChI is InChI=1S/C12H16/c1-10(9-11-7-8-11)12-5-3-2-4-6-12/h2-6,10-11H,7-9H2,1H3. The molecule has 1 atom stereocenters. The molecule has 2 rings (SSSR count). The van der Waals surface area contributed by atoms with Gasteiger partial charge in [-0.05, 0) is 23.8 Å². The lowest BCUT2D eigenvalue weighted by atomic mass is 9.96. The average Bonchev–Trinajstić information content (AvgIpc) is 2.90. The van der Waals surface area contributed by atoms with E-state index in [1.165, 1.54) is 24.8 Å². The summed E-state index contributed by atoms with van der Waals surface area (Å²) >= 11 is 0. The summed E-state index contributed by atoms with van der Waals surface area (Å²) in [7, 11) is 0. The fourth-order valence-corrected chi connectivity index (χ4v) is 1.77. The van der Waals surface area contributed by atoms with E-state index in [9.17, 15) is 0 Å². The quantitative estimate of drug-likeness (QED) is 0.634. The van der Waals surface area contributed by atoms with Crippen LogP contribution in [0.1, 0.15) is 37.7 Å². The second kappa shape index (κ2) is 3.30. The van der Waals surface area contributed by atoms with Crippen LogP contribution >= 0.6 is 0 Å². The van der Waals surface area contributed by atoms with Gasteiger partial charge in [-0.3, -0.25) is 0 Å². The van der Waals surface area contributed by atoms with Crippen LogP contribution in [0.5, 0.6) is 0 Å². The molecule has 64 valence electrons. The first-order valence-corrected chi connectivity index (χ1v) is 4.91. The summed E-state index contributed by atoms with van der Waals surface area (Å²) in [5.41, 5.74) is 1.50. The van der Waals surface area contributed by atoms with Gasteiger partial charge in [0.05, 0.1) is 0 Å². The third-order valence-corrected chi connectivity index (χ3v) is 2.75. The van der Waals surface area contributed by atoms with E-state index in [0.717, 1.165) is 11.8 Å². The zero-order valence-corrected chi connectivity index (χ0v) is 7.66. The van der Waals surface area contributed by atoms with Gasteiger partial charge < -0.3 is 0 Å². The monoisotopic (exact) mass is 160 g/mol. The van der Waals surface area contributed by atoms with Crippen LogP contribution in [-0.2, 0) is 0 Å². The molecular formula is C12H16. The predicted octanol–water partition coefficient (Wildman–Crippen LogP) is 3.59. The van der Waals surface area contributed by atoms with Crippen LogP contribution in [0.2, 0.25) is 0 Å². The highest BCUT2D eigenvalue weighted by Crippen LogP contribution is 2.38. The Morgan fingerprint density at radius 1 is 1.25 bits per heavy atom. The summed E-state index contributed by atoms with van der Waals surface area (Å²) in [6, 6.07) is 10.9. The summed E-state index contributed by atoms with van der Waals surface area (Å²) in [6.45, 7) is 2.34. The molecule has 0 amide bonds. The Balaban J connectivity index is 1.98. The molecule has 0 nitrogen and oxygen atoms in total. The smallest absolute Gasteiger partial charge is 0.0188 e. The Morgan fingerprint density at radius 2 is 1.92 bits per heavy atom. The van der Waals surface area contributed by atoms with Crippen LogP contribution in [-0.4, -0.2) is 0 Å². The molecule has 1 fully saturated rings. The Morgan fingerprint density at radius 3 is 2.50 bits per heavy atom. The molecule has 0 saturated heterocycles. The number of hydrogen-bond acceptors (Lipinski definition) is 0. The van der Waals surface area contributed by atoms with Gasteiger partial charge >= 0.3 is 0 Å². The van der Waals surface area contributed by atoms with E-state index < -0.39 is 0 Å². The molecule has 0 bridgehead atoms. The highest BCUT2D eigenvalue weighted by atomic mass is 14.3. The van der Waals surface area contributed by atoms with Crippen molar-refractivity contribution in [2.24, 2.45) is 5.92 Å². The molecule has 1 aliphatic rings. The van der Waals surface area contributed by atoms with Gasteiger partial charge in [0.15, 0.2) is 0 Å². The van der Waals surface area contributed by atoms with Crippen LogP contribution in [0.3, 0.4) is 0 Å². The summed E-state index contributed by atoms with van der Waals surface area (Å²) < 4.78 is 0. The summed E-state index contributed by atoms with van der Waals surface area (Å²) in [5.74, 6) is 1.80. The van der Waals surface area contributed by atoms with Crippen LogP contribution < -0.4 is 0 Å². The van der Waals surface area contributed by atoms with Gasteiger partial charge in [-0.15, -0.1) is 0 Å². The first-order chi connectivity index (χ1) is 5.86. The topological polar surface area (TPSA) is 0 Å². The van der Waals surface area contributed by atoms with Crippen molar-refractivity contribution in [3.05, 3.63) is 35.9 Å². The highest BCUT2D eigenvalue weighted by Gasteiger charge is 2.23. The van der Waals surface area contributed by atoms with Gasteiger partial charge in [-0.1, -0.05) is 50.1 Å². The lowest BCUT2D eigenvalue weighted by Gasteiger charge is -2.09. The highest BCUT2D eigenvalue weighted by molar-refractivity contribution is 5.18. The maximum Gasteiger partial charge on any atom is -0.0188 e. The van der Waals surface area contributed by atoms with E-state index in [1.807, 2.05) is 0 Å². The SMILES string of the molecule is CC(CC1CC1)c1ccccc1. The normalized spacial score (nSPS) is 19.1. The van der Waals surface area contributed by atoms with Gasteiger partial charge in [0.1, 0.15) is 0 Å². The van der Waals surface area contributed by atoms with Crippen molar-refractivity contribution in [1.29, 1.82) is 0 Å². The fraction of sp³-hybridized carbons (Fsp3) is 0.500. The molecule has 1 unspecified atom stereocenters. The third-order valence-electron chi connectivity index (χ3n) is 2.75. The Kier molecular flexibility index (Phi) is 2.16. The maximum atomic E-state index is 2.34. The minimum Gasteiger partial charge on any atom is -0.0622 e. The van der Waals surface area contributed by atoms with Crippen LogP contribution in [0.25, 0.3) is 0 Å². The second-order valence-electron chi connectivity index (χ2n) is 3.99. The molecular weight excluding hydrogens is 144 g/mol. The van der Waals surface area contributed by atoms with Crippen molar-refractivity contribution in [2.45, 2.75) is 32.1 Å². The first kappa shape index (κ1) is 7.85. The van der Waals surface area contributed by atoms with Gasteiger partial charge in [0.25, 0.3) is 0 Å². The van der Waals surface area contributed by atoms with E-state index in [-0.39, 0.29) is 0 Å².